The molecule has 2 N–H and O–H groups in total. The molecule has 0 heterocycles. The molecule has 0 aromatic heterocycles. The third-order valence-corrected chi connectivity index (χ3v) is 1.64. The highest BCUT2D eigenvalue weighted by molar-refractivity contribution is 5.99. The summed E-state index contributed by atoms with van der Waals surface area (Å²) in [5.74, 6) is -2.97. The van der Waals surface area contributed by atoms with Crippen LogP contribution in [0.3, 0.4) is 0 Å². The van der Waals surface area contributed by atoms with Crippen LogP contribution in [0.2, 0.25) is 0 Å². The van der Waals surface area contributed by atoms with Crippen LogP contribution in [0.4, 0.5) is 13.6 Å². The smallest absolute Gasteiger partial charge is 0.405 e. The van der Waals surface area contributed by atoms with E-state index in [1.807, 2.05) is 0 Å². The van der Waals surface area contributed by atoms with Gasteiger partial charge in [0.05, 0.1) is 12.1 Å². The second kappa shape index (κ2) is 4.50. The van der Waals surface area contributed by atoms with Crippen LogP contribution >= 0.6 is 0 Å². The molecule has 0 fully saturated rings. The van der Waals surface area contributed by atoms with Crippen molar-refractivity contribution in [3.8, 4) is 0 Å². The predicted octanol–water partition coefficient (Wildman–Crippen LogP) is 1.42. The molecular formula is C9H7F2NO3. The summed E-state index contributed by atoms with van der Waals surface area (Å²) in [5, 5.41) is 9.93. The summed E-state index contributed by atoms with van der Waals surface area (Å²) >= 11 is 0. The van der Waals surface area contributed by atoms with E-state index in [9.17, 15) is 18.4 Å². The molecule has 0 aliphatic heterocycles. The van der Waals surface area contributed by atoms with Crippen molar-refractivity contribution in [3.63, 3.8) is 0 Å². The van der Waals surface area contributed by atoms with E-state index in [1.54, 1.807) is 5.32 Å². The van der Waals surface area contributed by atoms with Crippen molar-refractivity contribution in [2.45, 2.75) is 0 Å². The van der Waals surface area contributed by atoms with Gasteiger partial charge in [-0.1, -0.05) is 6.07 Å². The van der Waals surface area contributed by atoms with Crippen molar-refractivity contribution in [3.05, 3.63) is 35.4 Å². The monoisotopic (exact) mass is 215 g/mol. The van der Waals surface area contributed by atoms with Gasteiger partial charge >= 0.3 is 6.09 Å². The maximum absolute atomic E-state index is 13.0. The highest BCUT2D eigenvalue weighted by Crippen LogP contribution is 2.12. The molecule has 1 aromatic rings. The summed E-state index contributed by atoms with van der Waals surface area (Å²) in [4.78, 5) is 21.2. The number of benzene rings is 1. The molecule has 0 spiro atoms. The van der Waals surface area contributed by atoms with Crippen LogP contribution in [0.15, 0.2) is 18.2 Å². The first-order valence-corrected chi connectivity index (χ1v) is 3.96. The highest BCUT2D eigenvalue weighted by Gasteiger charge is 2.16. The van der Waals surface area contributed by atoms with Crippen LogP contribution < -0.4 is 5.32 Å². The number of rotatable bonds is 3. The van der Waals surface area contributed by atoms with Crippen molar-refractivity contribution >= 4 is 11.9 Å². The SMILES string of the molecule is O=C(O)NCC(=O)c1c(F)cccc1F. The summed E-state index contributed by atoms with van der Waals surface area (Å²) in [6.07, 6.45) is -1.43. The number of nitrogens with one attached hydrogen (secondary N) is 1. The molecule has 0 saturated carbocycles. The number of carboxylic acid groups (broad SMARTS) is 1. The van der Waals surface area contributed by atoms with Crippen molar-refractivity contribution in [1.82, 2.24) is 5.32 Å². The van der Waals surface area contributed by atoms with Crippen LogP contribution in [0.5, 0.6) is 0 Å². The Balaban J connectivity index is 2.86. The van der Waals surface area contributed by atoms with Gasteiger partial charge in [0.1, 0.15) is 11.6 Å². The van der Waals surface area contributed by atoms with Crippen molar-refractivity contribution in [2.75, 3.05) is 6.54 Å². The predicted molar refractivity (Wildman–Crippen MR) is 46.7 cm³/mol. The lowest BCUT2D eigenvalue weighted by atomic mass is 10.1. The highest BCUT2D eigenvalue weighted by atomic mass is 19.1. The van der Waals surface area contributed by atoms with Gasteiger partial charge in [0.2, 0.25) is 0 Å². The molecule has 0 atom stereocenters. The molecular weight excluding hydrogens is 208 g/mol. The van der Waals surface area contributed by atoms with E-state index in [0.29, 0.717) is 0 Å². The quantitative estimate of drug-likeness (QED) is 0.749. The Bertz CT molecular complexity index is 386. The first kappa shape index (κ1) is 11.1. The van der Waals surface area contributed by atoms with Crippen LogP contribution in [-0.2, 0) is 0 Å². The van der Waals surface area contributed by atoms with Gasteiger partial charge in [-0.15, -0.1) is 0 Å². The molecule has 1 rings (SSSR count). The lowest BCUT2D eigenvalue weighted by molar-refractivity contribution is 0.0979. The maximum Gasteiger partial charge on any atom is 0.405 e. The molecule has 0 aliphatic rings. The number of carbonyl (C=O) groups is 2. The Hall–Kier alpha value is -1.98. The first-order valence-electron chi connectivity index (χ1n) is 3.96. The molecule has 0 saturated heterocycles. The fourth-order valence-electron chi connectivity index (χ4n) is 1.01. The Morgan fingerprint density at radius 1 is 1.27 bits per heavy atom. The zero-order valence-corrected chi connectivity index (χ0v) is 7.46. The zero-order chi connectivity index (χ0) is 11.4. The fraction of sp³-hybridized carbons (Fsp3) is 0.111. The first-order chi connectivity index (χ1) is 7.02. The van der Waals surface area contributed by atoms with E-state index in [-0.39, 0.29) is 0 Å². The summed E-state index contributed by atoms with van der Waals surface area (Å²) in [6.45, 7) is -0.660. The second-order valence-corrected chi connectivity index (χ2v) is 2.68. The van der Waals surface area contributed by atoms with E-state index in [4.69, 9.17) is 5.11 Å². The van der Waals surface area contributed by atoms with E-state index in [2.05, 4.69) is 0 Å². The topological polar surface area (TPSA) is 66.4 Å². The fourth-order valence-corrected chi connectivity index (χ4v) is 1.01. The van der Waals surface area contributed by atoms with Crippen molar-refractivity contribution in [1.29, 1.82) is 0 Å². The molecule has 0 unspecified atom stereocenters. The van der Waals surface area contributed by atoms with Gasteiger partial charge in [0.15, 0.2) is 5.78 Å². The van der Waals surface area contributed by atoms with Gasteiger partial charge in [-0.3, -0.25) is 4.79 Å². The van der Waals surface area contributed by atoms with Crippen LogP contribution in [-0.4, -0.2) is 23.5 Å². The van der Waals surface area contributed by atoms with E-state index < -0.39 is 35.6 Å². The van der Waals surface area contributed by atoms with Gasteiger partial charge in [-0.05, 0) is 12.1 Å². The number of hydrogen-bond donors (Lipinski definition) is 2. The second-order valence-electron chi connectivity index (χ2n) is 2.68. The summed E-state index contributed by atoms with van der Waals surface area (Å²) in [7, 11) is 0. The maximum atomic E-state index is 13.0. The largest absolute Gasteiger partial charge is 0.465 e. The van der Waals surface area contributed by atoms with Gasteiger partial charge in [0, 0.05) is 0 Å². The van der Waals surface area contributed by atoms with E-state index in [1.165, 1.54) is 0 Å². The minimum Gasteiger partial charge on any atom is -0.465 e. The molecule has 0 radical (unpaired) electrons. The number of halogens is 2. The van der Waals surface area contributed by atoms with Crippen molar-refractivity contribution in [2.24, 2.45) is 0 Å². The van der Waals surface area contributed by atoms with E-state index >= 15 is 0 Å². The zero-order valence-electron chi connectivity index (χ0n) is 7.46. The third-order valence-electron chi connectivity index (χ3n) is 1.64. The van der Waals surface area contributed by atoms with Gasteiger partial charge < -0.3 is 10.4 Å². The van der Waals surface area contributed by atoms with Gasteiger partial charge in [-0.25, -0.2) is 13.6 Å². The Morgan fingerprint density at radius 3 is 2.27 bits per heavy atom. The van der Waals surface area contributed by atoms with Crippen LogP contribution in [0.25, 0.3) is 0 Å². The molecule has 4 nitrogen and oxygen atoms in total. The lowest BCUT2D eigenvalue weighted by Crippen LogP contribution is -2.28. The molecule has 1 amide bonds. The molecule has 15 heavy (non-hydrogen) atoms. The number of carbonyl (C=O) groups excluding carboxylic acids is 1. The average molecular weight is 215 g/mol. The summed E-state index contributed by atoms with van der Waals surface area (Å²) in [6, 6.07) is 2.97. The minimum atomic E-state index is -1.43. The molecule has 80 valence electrons. The molecule has 0 bridgehead atoms. The molecule has 1 aromatic carbocycles. The van der Waals surface area contributed by atoms with Crippen LogP contribution in [0.1, 0.15) is 10.4 Å². The Morgan fingerprint density at radius 2 is 1.80 bits per heavy atom. The minimum absolute atomic E-state index is 0.660. The molecule has 0 aliphatic carbocycles. The van der Waals surface area contributed by atoms with Gasteiger partial charge in [0.25, 0.3) is 0 Å². The number of hydrogen-bond acceptors (Lipinski definition) is 2. The normalized spacial score (nSPS) is 9.73. The number of amides is 1. The van der Waals surface area contributed by atoms with Crippen molar-refractivity contribution < 1.29 is 23.5 Å². The number of ketones is 1. The Kier molecular flexibility index (Phi) is 3.33. The third kappa shape index (κ3) is 2.73. The standard InChI is InChI=1S/C9H7F2NO3/c10-5-2-1-3-6(11)8(5)7(13)4-12-9(14)15/h1-3,12H,4H2,(H,14,15). The number of Topliss-reactive ketones (excluding diaryl/α,β-unsaturated/α-hetero) is 1. The average Bonchev–Trinajstić information content (AvgIpc) is 2.14. The van der Waals surface area contributed by atoms with Gasteiger partial charge in [-0.2, -0.15) is 0 Å². The molecule has 6 heteroatoms. The van der Waals surface area contributed by atoms with Crippen LogP contribution in [0, 0.1) is 11.6 Å². The summed E-state index contributed by atoms with van der Waals surface area (Å²) < 4.78 is 26.0. The lowest BCUT2D eigenvalue weighted by Gasteiger charge is -2.03. The van der Waals surface area contributed by atoms with E-state index in [0.717, 1.165) is 18.2 Å². The summed E-state index contributed by atoms with van der Waals surface area (Å²) in [5.41, 5.74) is -0.730. The Labute approximate surface area is 83.5 Å².